The van der Waals surface area contributed by atoms with Crippen LogP contribution in [0.1, 0.15) is 43.5 Å². The van der Waals surface area contributed by atoms with Crippen molar-refractivity contribution in [1.29, 1.82) is 0 Å². The number of aryl methyl sites for hydroxylation is 1. The highest BCUT2D eigenvalue weighted by Crippen LogP contribution is 2.62. The van der Waals surface area contributed by atoms with Gasteiger partial charge in [0, 0.05) is 19.0 Å². The first kappa shape index (κ1) is 11.5. The van der Waals surface area contributed by atoms with Gasteiger partial charge in [0.25, 0.3) is 0 Å². The van der Waals surface area contributed by atoms with Crippen molar-refractivity contribution < 1.29 is 0 Å². The van der Waals surface area contributed by atoms with Crippen molar-refractivity contribution in [3.05, 3.63) is 29.6 Å². The molecule has 2 aliphatic rings. The van der Waals surface area contributed by atoms with Gasteiger partial charge in [-0.1, -0.05) is 12.5 Å². The Labute approximate surface area is 113 Å². The third kappa shape index (κ3) is 1.57. The third-order valence-corrected chi connectivity index (χ3v) is 5.10. The number of hydrogen-bond donors (Lipinski definition) is 1. The van der Waals surface area contributed by atoms with Crippen LogP contribution in [-0.4, -0.2) is 9.55 Å². The van der Waals surface area contributed by atoms with Crippen LogP contribution in [0, 0.1) is 11.8 Å². The Kier molecular flexibility index (Phi) is 2.46. The third-order valence-electron chi connectivity index (χ3n) is 5.10. The van der Waals surface area contributed by atoms with Gasteiger partial charge in [-0.05, 0) is 49.3 Å². The summed E-state index contributed by atoms with van der Waals surface area (Å²) in [6.45, 7) is 3.84. The molecule has 1 aromatic heterocycles. The van der Waals surface area contributed by atoms with Crippen molar-refractivity contribution in [1.82, 2.24) is 9.55 Å². The molecule has 3 nitrogen and oxygen atoms in total. The molecule has 2 aromatic rings. The molecule has 2 N–H and O–H groups in total. The van der Waals surface area contributed by atoms with Gasteiger partial charge in [-0.2, -0.15) is 0 Å². The first-order valence-electron chi connectivity index (χ1n) is 7.52. The molecule has 2 saturated carbocycles. The molecular weight excluding hydrogens is 234 g/mol. The van der Waals surface area contributed by atoms with Crippen LogP contribution in [0.25, 0.3) is 11.0 Å². The highest BCUT2D eigenvalue weighted by molar-refractivity contribution is 5.77. The van der Waals surface area contributed by atoms with Crippen LogP contribution in [0.15, 0.2) is 18.2 Å². The Morgan fingerprint density at radius 3 is 2.79 bits per heavy atom. The summed E-state index contributed by atoms with van der Waals surface area (Å²) in [5, 5.41) is 0. The van der Waals surface area contributed by atoms with E-state index in [-0.39, 0.29) is 0 Å². The van der Waals surface area contributed by atoms with E-state index in [1.807, 2.05) is 0 Å². The molecule has 1 heterocycles. The molecule has 4 rings (SSSR count). The van der Waals surface area contributed by atoms with Crippen molar-refractivity contribution in [3.8, 4) is 0 Å². The van der Waals surface area contributed by atoms with Crippen LogP contribution in [0.3, 0.4) is 0 Å². The van der Waals surface area contributed by atoms with Gasteiger partial charge in [0.2, 0.25) is 0 Å². The van der Waals surface area contributed by atoms with Gasteiger partial charge < -0.3 is 10.3 Å². The summed E-state index contributed by atoms with van der Waals surface area (Å²) in [5.74, 6) is 3.93. The number of nitrogens with zero attached hydrogens (tertiary/aromatic N) is 2. The van der Waals surface area contributed by atoms with Crippen molar-refractivity contribution in [2.75, 3.05) is 0 Å². The lowest BCUT2D eigenvalue weighted by Gasteiger charge is -2.07. The smallest absolute Gasteiger partial charge is 0.113 e. The maximum absolute atomic E-state index is 5.73. The fourth-order valence-electron chi connectivity index (χ4n) is 4.11. The molecule has 0 spiro atoms. The van der Waals surface area contributed by atoms with Crippen molar-refractivity contribution in [2.24, 2.45) is 17.6 Å². The topological polar surface area (TPSA) is 43.8 Å². The van der Waals surface area contributed by atoms with Crippen molar-refractivity contribution in [3.63, 3.8) is 0 Å². The minimum absolute atomic E-state index is 0.596. The number of fused-ring (bicyclic) bond motifs is 2. The molecule has 3 heteroatoms. The maximum Gasteiger partial charge on any atom is 0.113 e. The largest absolute Gasteiger partial charge is 0.328 e. The van der Waals surface area contributed by atoms with Gasteiger partial charge in [0.1, 0.15) is 5.82 Å². The maximum atomic E-state index is 5.73. The summed E-state index contributed by atoms with van der Waals surface area (Å²) in [6.07, 6.45) is 4.25. The predicted molar refractivity (Wildman–Crippen MR) is 76.9 cm³/mol. The molecular formula is C16H21N3. The minimum Gasteiger partial charge on any atom is -0.328 e. The second kappa shape index (κ2) is 4.07. The molecule has 19 heavy (non-hydrogen) atoms. The van der Waals surface area contributed by atoms with Crippen LogP contribution >= 0.6 is 0 Å². The van der Waals surface area contributed by atoms with E-state index in [2.05, 4.69) is 29.7 Å². The zero-order valence-corrected chi connectivity index (χ0v) is 11.5. The van der Waals surface area contributed by atoms with Gasteiger partial charge in [-0.25, -0.2) is 4.98 Å². The van der Waals surface area contributed by atoms with Crippen LogP contribution in [0.5, 0.6) is 0 Å². The van der Waals surface area contributed by atoms with Crippen LogP contribution in [0.4, 0.5) is 0 Å². The molecule has 2 aliphatic carbocycles. The molecule has 2 fully saturated rings. The second-order valence-corrected chi connectivity index (χ2v) is 6.03. The normalized spacial score (nSPS) is 28.8. The van der Waals surface area contributed by atoms with Gasteiger partial charge in [-0.15, -0.1) is 0 Å². The van der Waals surface area contributed by atoms with Crippen LogP contribution in [-0.2, 0) is 13.1 Å². The van der Waals surface area contributed by atoms with E-state index in [4.69, 9.17) is 10.7 Å². The van der Waals surface area contributed by atoms with E-state index in [0.717, 1.165) is 29.8 Å². The zero-order valence-electron chi connectivity index (χ0n) is 11.5. The number of hydrogen-bond acceptors (Lipinski definition) is 2. The summed E-state index contributed by atoms with van der Waals surface area (Å²) in [4.78, 5) is 4.94. The first-order valence-corrected chi connectivity index (χ1v) is 7.52. The summed E-state index contributed by atoms with van der Waals surface area (Å²) in [5.41, 5.74) is 9.31. The number of rotatable bonds is 3. The molecule has 0 amide bonds. The number of nitrogens with two attached hydrogens (primary N) is 1. The Morgan fingerprint density at radius 2 is 2.11 bits per heavy atom. The molecule has 0 saturated heterocycles. The summed E-state index contributed by atoms with van der Waals surface area (Å²) >= 11 is 0. The Balaban J connectivity index is 1.82. The SMILES string of the molecule is CCn1c(C2C3CCCC32)nc2cc(CN)ccc21. The molecule has 0 radical (unpaired) electrons. The van der Waals surface area contributed by atoms with E-state index in [9.17, 15) is 0 Å². The number of benzene rings is 1. The monoisotopic (exact) mass is 255 g/mol. The molecule has 100 valence electrons. The van der Waals surface area contributed by atoms with Gasteiger partial charge >= 0.3 is 0 Å². The summed E-state index contributed by atoms with van der Waals surface area (Å²) < 4.78 is 2.42. The zero-order chi connectivity index (χ0) is 13.0. The van der Waals surface area contributed by atoms with Crippen molar-refractivity contribution >= 4 is 11.0 Å². The number of aromatic nitrogens is 2. The quantitative estimate of drug-likeness (QED) is 0.916. The molecule has 2 unspecified atom stereocenters. The average Bonchev–Trinajstić information content (AvgIpc) is 2.81. The standard InChI is InChI=1S/C16H21N3/c1-2-19-14-7-6-10(9-17)8-13(14)18-16(19)15-11-4-3-5-12(11)15/h6-8,11-12,15H,2-5,9,17H2,1H3. The van der Waals surface area contributed by atoms with E-state index < -0.39 is 0 Å². The van der Waals surface area contributed by atoms with Gasteiger partial charge in [0.05, 0.1) is 11.0 Å². The van der Waals surface area contributed by atoms with Gasteiger partial charge in [0.15, 0.2) is 0 Å². The highest BCUT2D eigenvalue weighted by atomic mass is 15.1. The van der Waals surface area contributed by atoms with Crippen LogP contribution < -0.4 is 5.73 Å². The Bertz CT molecular complexity index is 618. The fourth-order valence-corrected chi connectivity index (χ4v) is 4.11. The Hall–Kier alpha value is -1.35. The lowest BCUT2D eigenvalue weighted by atomic mass is 10.1. The minimum atomic E-state index is 0.596. The van der Waals surface area contributed by atoms with Crippen molar-refractivity contribution in [2.45, 2.75) is 45.2 Å². The number of imidazole rings is 1. The summed E-state index contributed by atoms with van der Waals surface area (Å²) in [6, 6.07) is 6.48. The second-order valence-electron chi connectivity index (χ2n) is 6.03. The van der Waals surface area contributed by atoms with E-state index in [0.29, 0.717) is 6.54 Å². The fraction of sp³-hybridized carbons (Fsp3) is 0.562. The average molecular weight is 255 g/mol. The van der Waals surface area contributed by atoms with E-state index in [1.54, 1.807) is 0 Å². The van der Waals surface area contributed by atoms with E-state index in [1.165, 1.54) is 36.2 Å². The molecule has 0 aliphatic heterocycles. The highest BCUT2D eigenvalue weighted by Gasteiger charge is 2.55. The van der Waals surface area contributed by atoms with Gasteiger partial charge in [-0.3, -0.25) is 0 Å². The predicted octanol–water partition coefficient (Wildman–Crippen LogP) is 3.03. The summed E-state index contributed by atoms with van der Waals surface area (Å²) in [7, 11) is 0. The van der Waals surface area contributed by atoms with E-state index >= 15 is 0 Å². The molecule has 1 aromatic carbocycles. The van der Waals surface area contributed by atoms with Crippen LogP contribution in [0.2, 0.25) is 0 Å². The lowest BCUT2D eigenvalue weighted by molar-refractivity contribution is 0.621. The molecule has 0 bridgehead atoms. The molecule has 2 atom stereocenters. The Morgan fingerprint density at radius 1 is 1.32 bits per heavy atom. The lowest BCUT2D eigenvalue weighted by Crippen LogP contribution is -2.02. The first-order chi connectivity index (χ1) is 9.33.